The van der Waals surface area contributed by atoms with Crippen LogP contribution >= 0.6 is 7.92 Å². The summed E-state index contributed by atoms with van der Waals surface area (Å²) in [5.41, 5.74) is 1.14. The molecule has 0 aliphatic rings. The minimum absolute atomic E-state index is 0.202. The zero-order valence-corrected chi connectivity index (χ0v) is 14.0. The molecule has 0 bridgehead atoms. The van der Waals surface area contributed by atoms with Crippen LogP contribution in [-0.2, 0) is 11.2 Å². The van der Waals surface area contributed by atoms with E-state index < -0.39 is 7.92 Å². The largest absolute Gasteiger partial charge is 0.300 e. The first kappa shape index (κ1) is 15.6. The molecule has 2 heteroatoms. The number of rotatable bonds is 5. The van der Waals surface area contributed by atoms with Crippen LogP contribution in [0.25, 0.3) is 0 Å². The molecule has 0 heterocycles. The van der Waals surface area contributed by atoms with Crippen molar-refractivity contribution >= 4 is 29.6 Å². The van der Waals surface area contributed by atoms with Gasteiger partial charge >= 0.3 is 0 Å². The zero-order chi connectivity index (χ0) is 16.1. The third-order valence-electron chi connectivity index (χ3n) is 3.70. The summed E-state index contributed by atoms with van der Waals surface area (Å²) < 4.78 is 0. The molecule has 114 valence electrons. The molecule has 1 nitrogen and oxygen atoms in total. The Bertz CT molecular complexity index is 742. The van der Waals surface area contributed by atoms with Crippen molar-refractivity contribution in [1.82, 2.24) is 0 Å². The lowest BCUT2D eigenvalue weighted by molar-refractivity contribution is -0.116. The van der Waals surface area contributed by atoms with E-state index in [1.165, 1.54) is 15.9 Å². The highest BCUT2D eigenvalue weighted by Crippen LogP contribution is 2.34. The summed E-state index contributed by atoms with van der Waals surface area (Å²) in [6.07, 6.45) is 0.495. The molecule has 3 aromatic rings. The van der Waals surface area contributed by atoms with E-state index in [0.717, 1.165) is 5.56 Å². The van der Waals surface area contributed by atoms with E-state index in [1.807, 2.05) is 18.2 Å². The fourth-order valence-corrected chi connectivity index (χ4v) is 5.20. The lowest BCUT2D eigenvalue weighted by Crippen LogP contribution is -2.24. The lowest BCUT2D eigenvalue weighted by Gasteiger charge is -2.22. The maximum Gasteiger partial charge on any atom is 0.134 e. The molecule has 0 aliphatic heterocycles. The Morgan fingerprint density at radius 1 is 0.739 bits per heavy atom. The number of carbonyl (C=O) groups is 1. The molecule has 0 spiro atoms. The number of carbonyl (C=O) groups excluding carboxylic acids is 1. The molecular weight excluding hydrogens is 299 g/mol. The maximum absolute atomic E-state index is 11.7. The Balaban J connectivity index is 2.15. The Labute approximate surface area is 138 Å². The molecule has 0 aliphatic carbocycles. The Hall–Kier alpha value is -2.24. The molecule has 0 N–H and O–H groups in total. The molecule has 0 radical (unpaired) electrons. The third-order valence-corrected chi connectivity index (χ3v) is 6.25. The molecule has 0 saturated heterocycles. The van der Waals surface area contributed by atoms with Crippen molar-refractivity contribution in [2.45, 2.75) is 13.3 Å². The van der Waals surface area contributed by atoms with Gasteiger partial charge in [-0.2, -0.15) is 0 Å². The predicted octanol–water partition coefficient (Wildman–Crippen LogP) is 3.58. The summed E-state index contributed by atoms with van der Waals surface area (Å²) in [5, 5.41) is 3.89. The van der Waals surface area contributed by atoms with Crippen LogP contribution < -0.4 is 15.9 Å². The zero-order valence-electron chi connectivity index (χ0n) is 13.1. The van der Waals surface area contributed by atoms with Gasteiger partial charge in [0.2, 0.25) is 0 Å². The standard InChI is InChI=1S/C21H19OP/c1-17(22)16-18-10-8-9-15-21(18)23(19-11-4-2-5-12-19)20-13-6-3-7-14-20/h2-15H,16H2,1H3. The van der Waals surface area contributed by atoms with Crippen LogP contribution in [0.3, 0.4) is 0 Å². The van der Waals surface area contributed by atoms with Crippen LogP contribution in [0.4, 0.5) is 0 Å². The molecule has 0 fully saturated rings. The van der Waals surface area contributed by atoms with Gasteiger partial charge in [0.25, 0.3) is 0 Å². The summed E-state index contributed by atoms with van der Waals surface area (Å²) in [5.74, 6) is 0.202. The van der Waals surface area contributed by atoms with E-state index in [4.69, 9.17) is 0 Å². The second kappa shape index (κ2) is 7.35. The molecule has 3 rings (SSSR count). The maximum atomic E-state index is 11.7. The minimum Gasteiger partial charge on any atom is -0.300 e. The van der Waals surface area contributed by atoms with Crippen molar-refractivity contribution in [2.75, 3.05) is 0 Å². The predicted molar refractivity (Wildman–Crippen MR) is 99.5 cm³/mol. The van der Waals surface area contributed by atoms with E-state index in [1.54, 1.807) is 6.92 Å². The summed E-state index contributed by atoms with van der Waals surface area (Å²) in [4.78, 5) is 11.7. The van der Waals surface area contributed by atoms with E-state index >= 15 is 0 Å². The van der Waals surface area contributed by atoms with E-state index in [0.29, 0.717) is 6.42 Å². The lowest BCUT2D eigenvalue weighted by atomic mass is 10.1. The number of ketones is 1. The molecule has 0 saturated carbocycles. The molecule has 0 aromatic heterocycles. The molecule has 0 amide bonds. The summed E-state index contributed by atoms with van der Waals surface area (Å²) in [6.45, 7) is 1.66. The van der Waals surface area contributed by atoms with Gasteiger partial charge < -0.3 is 0 Å². The Morgan fingerprint density at radius 3 is 1.74 bits per heavy atom. The van der Waals surface area contributed by atoms with Gasteiger partial charge in [0.05, 0.1) is 0 Å². The van der Waals surface area contributed by atoms with Gasteiger partial charge in [-0.3, -0.25) is 4.79 Å². The first-order chi connectivity index (χ1) is 11.3. The molecule has 3 aromatic carbocycles. The van der Waals surface area contributed by atoms with Crippen LogP contribution in [-0.4, -0.2) is 5.78 Å². The monoisotopic (exact) mass is 318 g/mol. The van der Waals surface area contributed by atoms with Crippen molar-refractivity contribution in [3.05, 3.63) is 90.5 Å². The van der Waals surface area contributed by atoms with Crippen molar-refractivity contribution < 1.29 is 4.79 Å². The van der Waals surface area contributed by atoms with Gasteiger partial charge in [-0.1, -0.05) is 84.9 Å². The van der Waals surface area contributed by atoms with Gasteiger partial charge in [-0.25, -0.2) is 0 Å². The average molecular weight is 318 g/mol. The molecule has 0 atom stereocenters. The fourth-order valence-electron chi connectivity index (χ4n) is 2.73. The van der Waals surface area contributed by atoms with Gasteiger partial charge in [0.1, 0.15) is 5.78 Å². The second-order valence-corrected chi connectivity index (χ2v) is 7.70. The minimum atomic E-state index is -0.650. The SMILES string of the molecule is CC(=O)Cc1ccccc1P(c1ccccc1)c1ccccc1. The van der Waals surface area contributed by atoms with Crippen LogP contribution in [0.2, 0.25) is 0 Å². The van der Waals surface area contributed by atoms with Gasteiger partial charge in [-0.05, 0) is 36.3 Å². The van der Waals surface area contributed by atoms with Crippen molar-refractivity contribution in [2.24, 2.45) is 0 Å². The first-order valence-corrected chi connectivity index (χ1v) is 9.07. The quantitative estimate of drug-likeness (QED) is 0.657. The van der Waals surface area contributed by atoms with Crippen LogP contribution in [0.1, 0.15) is 12.5 Å². The number of hydrogen-bond acceptors (Lipinski definition) is 1. The van der Waals surface area contributed by atoms with Gasteiger partial charge in [0, 0.05) is 6.42 Å². The summed E-state index contributed by atoms with van der Waals surface area (Å²) in [6, 6.07) is 29.5. The average Bonchev–Trinajstić information content (AvgIpc) is 2.58. The third kappa shape index (κ3) is 3.75. The highest BCUT2D eigenvalue weighted by Gasteiger charge is 2.19. The Kier molecular flexibility index (Phi) is 5.00. The van der Waals surface area contributed by atoms with Crippen LogP contribution in [0.5, 0.6) is 0 Å². The fraction of sp³-hybridized carbons (Fsp3) is 0.0952. The highest BCUT2D eigenvalue weighted by molar-refractivity contribution is 7.79. The molecule has 0 unspecified atom stereocenters. The van der Waals surface area contributed by atoms with E-state index in [9.17, 15) is 4.79 Å². The first-order valence-electron chi connectivity index (χ1n) is 7.73. The van der Waals surface area contributed by atoms with E-state index in [-0.39, 0.29) is 5.78 Å². The van der Waals surface area contributed by atoms with Crippen LogP contribution in [0.15, 0.2) is 84.9 Å². The highest BCUT2D eigenvalue weighted by atomic mass is 31.1. The molecule has 23 heavy (non-hydrogen) atoms. The smallest absolute Gasteiger partial charge is 0.134 e. The van der Waals surface area contributed by atoms with Crippen LogP contribution in [0, 0.1) is 0 Å². The summed E-state index contributed by atoms with van der Waals surface area (Å²) in [7, 11) is -0.650. The van der Waals surface area contributed by atoms with Gasteiger partial charge in [0.15, 0.2) is 0 Å². The number of hydrogen-bond donors (Lipinski definition) is 0. The molecular formula is C21H19OP. The topological polar surface area (TPSA) is 17.1 Å². The van der Waals surface area contributed by atoms with Crippen molar-refractivity contribution in [3.63, 3.8) is 0 Å². The number of benzene rings is 3. The van der Waals surface area contributed by atoms with Crippen molar-refractivity contribution in [3.8, 4) is 0 Å². The van der Waals surface area contributed by atoms with Crippen molar-refractivity contribution in [1.29, 1.82) is 0 Å². The van der Waals surface area contributed by atoms with Gasteiger partial charge in [-0.15, -0.1) is 0 Å². The van der Waals surface area contributed by atoms with E-state index in [2.05, 4.69) is 66.7 Å². The normalized spacial score (nSPS) is 10.7. The summed E-state index contributed by atoms with van der Waals surface area (Å²) >= 11 is 0. The Morgan fingerprint density at radius 2 is 1.22 bits per heavy atom. The number of Topliss-reactive ketones (excluding diaryl/α,β-unsaturated/α-hetero) is 1. The second-order valence-electron chi connectivity index (χ2n) is 5.51.